The zero-order valence-electron chi connectivity index (χ0n) is 15.8. The number of hydrogen-bond acceptors (Lipinski definition) is 5. The van der Waals surface area contributed by atoms with E-state index < -0.39 is 0 Å². The van der Waals surface area contributed by atoms with Gasteiger partial charge in [-0.1, -0.05) is 30.3 Å². The summed E-state index contributed by atoms with van der Waals surface area (Å²) in [6, 6.07) is 9.78. The number of thiophene rings is 1. The zero-order chi connectivity index (χ0) is 20.1. The molecule has 28 heavy (non-hydrogen) atoms. The Morgan fingerprint density at radius 3 is 2.57 bits per heavy atom. The van der Waals surface area contributed by atoms with Crippen LogP contribution in [0, 0.1) is 6.92 Å². The molecule has 2 heterocycles. The molecule has 0 aliphatic carbocycles. The second kappa shape index (κ2) is 8.79. The number of aromatic nitrogens is 2. The number of hydrogen-bond donors (Lipinski definition) is 2. The number of nitrogens with zero attached hydrogens (tertiary/aromatic N) is 2. The van der Waals surface area contributed by atoms with Crippen molar-refractivity contribution in [2.45, 2.75) is 26.8 Å². The lowest BCUT2D eigenvalue weighted by molar-refractivity contribution is -0.122. The molecule has 8 heteroatoms. The minimum absolute atomic E-state index is 0.138. The third-order valence-corrected chi connectivity index (χ3v) is 5.33. The first-order valence-electron chi connectivity index (χ1n) is 9.02. The van der Waals surface area contributed by atoms with Crippen molar-refractivity contribution < 1.29 is 9.59 Å². The van der Waals surface area contributed by atoms with Crippen molar-refractivity contribution in [3.05, 3.63) is 51.9 Å². The van der Waals surface area contributed by atoms with Gasteiger partial charge in [0.05, 0.1) is 11.7 Å². The van der Waals surface area contributed by atoms with Crippen LogP contribution in [0.5, 0.6) is 0 Å². The summed E-state index contributed by atoms with van der Waals surface area (Å²) in [6.45, 7) is 4.39. The lowest BCUT2D eigenvalue weighted by Crippen LogP contribution is -2.34. The Kier molecular flexibility index (Phi) is 6.20. The van der Waals surface area contributed by atoms with Crippen LogP contribution in [-0.2, 0) is 16.1 Å². The van der Waals surface area contributed by atoms with Gasteiger partial charge in [-0.25, -0.2) is 4.98 Å². The molecule has 0 saturated carbocycles. The van der Waals surface area contributed by atoms with E-state index in [9.17, 15) is 14.4 Å². The highest BCUT2D eigenvalue weighted by atomic mass is 32.1. The highest BCUT2D eigenvalue weighted by molar-refractivity contribution is 7.19. The van der Waals surface area contributed by atoms with Gasteiger partial charge in [0.25, 0.3) is 5.56 Å². The van der Waals surface area contributed by atoms with Gasteiger partial charge in [-0.05, 0) is 12.5 Å². The number of aryl methyl sites for hydroxylation is 2. The number of nitrogens with one attached hydrogen (secondary N) is 2. The quantitative estimate of drug-likeness (QED) is 0.596. The molecular weight excluding hydrogens is 376 g/mol. The smallest absolute Gasteiger partial charge is 0.262 e. The highest BCUT2D eigenvalue weighted by Gasteiger charge is 2.17. The van der Waals surface area contributed by atoms with Gasteiger partial charge < -0.3 is 10.6 Å². The van der Waals surface area contributed by atoms with Gasteiger partial charge in [-0.2, -0.15) is 0 Å². The average Bonchev–Trinajstić information content (AvgIpc) is 3.02. The maximum atomic E-state index is 13.0. The lowest BCUT2D eigenvalue weighted by atomic mass is 10.0. The minimum atomic E-state index is -0.179. The van der Waals surface area contributed by atoms with Crippen LogP contribution < -0.4 is 16.2 Å². The van der Waals surface area contributed by atoms with E-state index in [4.69, 9.17) is 0 Å². The summed E-state index contributed by atoms with van der Waals surface area (Å²) in [7, 11) is 0. The molecular formula is C20H22N4O3S. The van der Waals surface area contributed by atoms with E-state index in [2.05, 4.69) is 15.6 Å². The third-order valence-electron chi connectivity index (χ3n) is 4.32. The lowest BCUT2D eigenvalue weighted by Gasteiger charge is -2.08. The first-order chi connectivity index (χ1) is 13.5. The Hall–Kier alpha value is -3.00. The second-order valence-electron chi connectivity index (χ2n) is 6.41. The van der Waals surface area contributed by atoms with E-state index >= 15 is 0 Å². The fourth-order valence-electron chi connectivity index (χ4n) is 3.00. The SMILES string of the molecule is CC(=O)NCCNC(=O)CCn1cnc2sc(C)c(-c3ccccc3)c2c1=O. The first-order valence-corrected chi connectivity index (χ1v) is 9.84. The van der Waals surface area contributed by atoms with E-state index in [-0.39, 0.29) is 30.3 Å². The van der Waals surface area contributed by atoms with Crippen molar-refractivity contribution in [3.63, 3.8) is 0 Å². The summed E-state index contributed by atoms with van der Waals surface area (Å²) in [5.41, 5.74) is 1.75. The summed E-state index contributed by atoms with van der Waals surface area (Å²) in [4.78, 5) is 42.0. The van der Waals surface area contributed by atoms with Crippen LogP contribution in [0.15, 0.2) is 41.5 Å². The molecule has 2 aromatic heterocycles. The Morgan fingerprint density at radius 2 is 1.86 bits per heavy atom. The maximum Gasteiger partial charge on any atom is 0.262 e. The normalized spacial score (nSPS) is 10.8. The number of rotatable bonds is 7. The van der Waals surface area contributed by atoms with Crippen molar-refractivity contribution in [1.82, 2.24) is 20.2 Å². The van der Waals surface area contributed by atoms with Crippen molar-refractivity contribution in [2.75, 3.05) is 13.1 Å². The van der Waals surface area contributed by atoms with E-state index in [1.54, 1.807) is 0 Å². The number of amides is 2. The monoisotopic (exact) mass is 398 g/mol. The molecule has 2 N–H and O–H groups in total. The summed E-state index contributed by atoms with van der Waals surface area (Å²) < 4.78 is 1.48. The molecule has 0 fully saturated rings. The number of fused-ring (bicyclic) bond motifs is 1. The van der Waals surface area contributed by atoms with Crippen LogP contribution in [0.3, 0.4) is 0 Å². The molecule has 7 nitrogen and oxygen atoms in total. The van der Waals surface area contributed by atoms with Crippen LogP contribution in [-0.4, -0.2) is 34.5 Å². The molecule has 1 aromatic carbocycles. The molecule has 0 bridgehead atoms. The first kappa shape index (κ1) is 19.8. The van der Waals surface area contributed by atoms with E-state index in [1.807, 2.05) is 37.3 Å². The molecule has 2 amide bonds. The van der Waals surface area contributed by atoms with Crippen LogP contribution in [0.25, 0.3) is 21.3 Å². The van der Waals surface area contributed by atoms with E-state index in [0.29, 0.717) is 23.3 Å². The van der Waals surface area contributed by atoms with Crippen molar-refractivity contribution in [3.8, 4) is 11.1 Å². The largest absolute Gasteiger partial charge is 0.355 e. The minimum Gasteiger partial charge on any atom is -0.355 e. The highest BCUT2D eigenvalue weighted by Crippen LogP contribution is 2.35. The standard InChI is InChI=1S/C20H22N4O3S/c1-13-17(15-6-4-3-5-7-15)18-19(28-13)23-12-24(20(18)27)11-8-16(26)22-10-9-21-14(2)25/h3-7,12H,8-11H2,1-2H3,(H,21,25)(H,22,26). The third kappa shape index (κ3) is 4.45. The van der Waals surface area contributed by atoms with E-state index in [0.717, 1.165) is 16.0 Å². The summed E-state index contributed by atoms with van der Waals surface area (Å²) in [5.74, 6) is -0.317. The molecule has 0 radical (unpaired) electrons. The van der Waals surface area contributed by atoms with Gasteiger partial charge in [0.2, 0.25) is 11.8 Å². The van der Waals surface area contributed by atoms with Gasteiger partial charge in [0.1, 0.15) is 4.83 Å². The topological polar surface area (TPSA) is 93.1 Å². The Labute approximate surface area is 166 Å². The van der Waals surface area contributed by atoms with Crippen molar-refractivity contribution >= 4 is 33.4 Å². The molecule has 0 unspecified atom stereocenters. The molecule has 0 aliphatic rings. The Morgan fingerprint density at radius 1 is 1.14 bits per heavy atom. The summed E-state index contributed by atoms with van der Waals surface area (Å²) >= 11 is 1.50. The van der Waals surface area contributed by atoms with Gasteiger partial charge in [0, 0.05) is 43.4 Å². The van der Waals surface area contributed by atoms with Gasteiger partial charge >= 0.3 is 0 Å². The number of benzene rings is 1. The molecule has 0 aliphatic heterocycles. The fourth-order valence-corrected chi connectivity index (χ4v) is 4.00. The molecule has 0 atom stereocenters. The zero-order valence-corrected chi connectivity index (χ0v) is 16.6. The Balaban J connectivity index is 1.76. The predicted molar refractivity (Wildman–Crippen MR) is 110 cm³/mol. The van der Waals surface area contributed by atoms with Gasteiger partial charge in [-0.15, -0.1) is 11.3 Å². The molecule has 146 valence electrons. The number of carbonyl (C=O) groups excluding carboxylic acids is 2. The second-order valence-corrected chi connectivity index (χ2v) is 7.61. The van der Waals surface area contributed by atoms with Crippen molar-refractivity contribution in [1.29, 1.82) is 0 Å². The van der Waals surface area contributed by atoms with Crippen LogP contribution in [0.4, 0.5) is 0 Å². The van der Waals surface area contributed by atoms with Gasteiger partial charge in [0.15, 0.2) is 0 Å². The predicted octanol–water partition coefficient (Wildman–Crippen LogP) is 2.08. The summed E-state index contributed by atoms with van der Waals surface area (Å²) in [6.07, 6.45) is 1.66. The molecule has 0 spiro atoms. The Bertz CT molecular complexity index is 1060. The van der Waals surface area contributed by atoms with Crippen LogP contribution >= 0.6 is 11.3 Å². The van der Waals surface area contributed by atoms with Crippen LogP contribution in [0.2, 0.25) is 0 Å². The van der Waals surface area contributed by atoms with Crippen LogP contribution in [0.1, 0.15) is 18.2 Å². The average molecular weight is 398 g/mol. The number of carbonyl (C=O) groups is 2. The summed E-state index contributed by atoms with van der Waals surface area (Å²) in [5, 5.41) is 5.93. The van der Waals surface area contributed by atoms with Gasteiger partial charge in [-0.3, -0.25) is 19.0 Å². The fraction of sp³-hybridized carbons (Fsp3) is 0.300. The van der Waals surface area contributed by atoms with Crippen molar-refractivity contribution in [2.24, 2.45) is 0 Å². The molecule has 0 saturated heterocycles. The molecule has 3 aromatic rings. The maximum absolute atomic E-state index is 13.0. The van der Waals surface area contributed by atoms with E-state index in [1.165, 1.54) is 29.2 Å². The molecule has 3 rings (SSSR count).